The quantitative estimate of drug-likeness (QED) is 0.833. The van der Waals surface area contributed by atoms with Crippen LogP contribution in [-0.2, 0) is 4.79 Å². The van der Waals surface area contributed by atoms with E-state index in [9.17, 15) is 13.2 Å². The number of benzene rings is 1. The maximum absolute atomic E-state index is 10.6. The van der Waals surface area contributed by atoms with Gasteiger partial charge in [-0.25, -0.2) is 4.79 Å². The van der Waals surface area contributed by atoms with Crippen LogP contribution in [0.15, 0.2) is 28.7 Å². The molecule has 10 heteroatoms. The predicted molar refractivity (Wildman–Crippen MR) is 83.3 cm³/mol. The van der Waals surface area contributed by atoms with Gasteiger partial charge in [0.15, 0.2) is 0 Å². The zero-order valence-corrected chi connectivity index (χ0v) is 13.6. The topological polar surface area (TPSA) is 88.3 Å². The zero-order valence-electron chi connectivity index (χ0n) is 12.9. The van der Waals surface area contributed by atoms with Gasteiger partial charge < -0.3 is 14.8 Å². The maximum Gasteiger partial charge on any atom is 0.490 e. The van der Waals surface area contributed by atoms with Crippen molar-refractivity contribution in [2.45, 2.75) is 24.9 Å². The van der Waals surface area contributed by atoms with Gasteiger partial charge in [0, 0.05) is 16.5 Å². The van der Waals surface area contributed by atoms with Gasteiger partial charge in [-0.1, -0.05) is 17.7 Å². The fourth-order valence-electron chi connectivity index (χ4n) is 2.21. The smallest absolute Gasteiger partial charge is 0.475 e. The highest BCUT2D eigenvalue weighted by Gasteiger charge is 2.38. The van der Waals surface area contributed by atoms with Crippen molar-refractivity contribution >= 4 is 17.6 Å². The molecule has 2 aromatic rings. The standard InChI is InChI=1S/C13H14ClN3O.C2HF3O2/c14-11-3-1-2-10(8-11)13-17-16-12(18-13)9-4-6-15-7-5-9;3-2(4,5)1(6)7/h1-3,8-9,15H,4-7H2;(H,6,7). The van der Waals surface area contributed by atoms with E-state index < -0.39 is 12.1 Å². The van der Waals surface area contributed by atoms with Crippen LogP contribution in [0.25, 0.3) is 11.5 Å². The average molecular weight is 378 g/mol. The lowest BCUT2D eigenvalue weighted by Gasteiger charge is -2.18. The molecule has 0 spiro atoms. The zero-order chi connectivity index (χ0) is 18.4. The molecule has 1 aromatic heterocycles. The van der Waals surface area contributed by atoms with Crippen molar-refractivity contribution in [2.75, 3.05) is 13.1 Å². The van der Waals surface area contributed by atoms with Crippen LogP contribution in [0, 0.1) is 0 Å². The second kappa shape index (κ2) is 8.30. The van der Waals surface area contributed by atoms with Crippen molar-refractivity contribution in [3.63, 3.8) is 0 Å². The number of carbonyl (C=O) groups is 1. The Morgan fingerprint density at radius 1 is 1.28 bits per heavy atom. The van der Waals surface area contributed by atoms with E-state index in [4.69, 9.17) is 25.9 Å². The predicted octanol–water partition coefficient (Wildman–Crippen LogP) is 3.49. The Hall–Kier alpha value is -2.13. The highest BCUT2D eigenvalue weighted by Crippen LogP contribution is 2.27. The fourth-order valence-corrected chi connectivity index (χ4v) is 2.40. The molecule has 1 aromatic carbocycles. The van der Waals surface area contributed by atoms with E-state index in [2.05, 4.69) is 15.5 Å². The van der Waals surface area contributed by atoms with E-state index in [1.165, 1.54) is 0 Å². The molecule has 25 heavy (non-hydrogen) atoms. The third-order valence-electron chi connectivity index (χ3n) is 3.44. The van der Waals surface area contributed by atoms with Gasteiger partial charge in [-0.05, 0) is 44.1 Å². The lowest BCUT2D eigenvalue weighted by atomic mass is 9.98. The molecule has 1 fully saturated rings. The summed E-state index contributed by atoms with van der Waals surface area (Å²) in [4.78, 5) is 8.90. The Labute approximate surface area is 146 Å². The van der Waals surface area contributed by atoms with Crippen LogP contribution < -0.4 is 5.32 Å². The Balaban J connectivity index is 0.000000277. The minimum absolute atomic E-state index is 0.381. The van der Waals surface area contributed by atoms with Crippen LogP contribution in [0.5, 0.6) is 0 Å². The summed E-state index contributed by atoms with van der Waals surface area (Å²) in [6, 6.07) is 7.47. The summed E-state index contributed by atoms with van der Waals surface area (Å²) in [5, 5.41) is 19.4. The maximum atomic E-state index is 10.6. The molecule has 2 heterocycles. The number of aromatic nitrogens is 2. The average Bonchev–Trinajstić information content (AvgIpc) is 3.05. The Bertz CT molecular complexity index is 715. The van der Waals surface area contributed by atoms with E-state index in [1.807, 2.05) is 24.3 Å². The minimum atomic E-state index is -5.08. The van der Waals surface area contributed by atoms with Crippen molar-refractivity contribution in [3.8, 4) is 11.5 Å². The monoisotopic (exact) mass is 377 g/mol. The molecule has 1 aliphatic heterocycles. The van der Waals surface area contributed by atoms with Crippen molar-refractivity contribution in [1.82, 2.24) is 15.5 Å². The van der Waals surface area contributed by atoms with Gasteiger partial charge >= 0.3 is 12.1 Å². The number of aliphatic carboxylic acids is 1. The molecular formula is C15H15ClF3N3O3. The number of alkyl halides is 3. The van der Waals surface area contributed by atoms with Crippen LogP contribution in [0.2, 0.25) is 5.02 Å². The van der Waals surface area contributed by atoms with E-state index in [0.717, 1.165) is 37.4 Å². The Morgan fingerprint density at radius 3 is 2.48 bits per heavy atom. The van der Waals surface area contributed by atoms with Gasteiger partial charge in [0.25, 0.3) is 0 Å². The molecule has 0 unspecified atom stereocenters. The molecule has 0 saturated carbocycles. The molecule has 0 amide bonds. The number of piperidine rings is 1. The third kappa shape index (κ3) is 5.71. The van der Waals surface area contributed by atoms with Crippen LogP contribution in [0.1, 0.15) is 24.7 Å². The van der Waals surface area contributed by atoms with E-state index in [1.54, 1.807) is 0 Å². The van der Waals surface area contributed by atoms with Gasteiger partial charge in [0.05, 0.1) is 0 Å². The largest absolute Gasteiger partial charge is 0.490 e. The summed E-state index contributed by atoms with van der Waals surface area (Å²) in [6.07, 6.45) is -2.98. The number of nitrogens with one attached hydrogen (secondary N) is 1. The van der Waals surface area contributed by atoms with Gasteiger partial charge in [0.2, 0.25) is 11.8 Å². The first kappa shape index (κ1) is 19.2. The number of nitrogens with zero attached hydrogens (tertiary/aromatic N) is 2. The molecule has 2 N–H and O–H groups in total. The molecule has 6 nitrogen and oxygen atoms in total. The molecule has 0 bridgehead atoms. The number of carboxylic acid groups (broad SMARTS) is 1. The van der Waals surface area contributed by atoms with Gasteiger partial charge in [-0.15, -0.1) is 10.2 Å². The summed E-state index contributed by atoms with van der Waals surface area (Å²) in [7, 11) is 0. The normalized spacial score (nSPS) is 15.4. The molecule has 3 rings (SSSR count). The summed E-state index contributed by atoms with van der Waals surface area (Å²) >= 11 is 5.95. The second-order valence-electron chi connectivity index (χ2n) is 5.28. The number of rotatable bonds is 2. The second-order valence-corrected chi connectivity index (χ2v) is 5.72. The van der Waals surface area contributed by atoms with Crippen LogP contribution in [0.3, 0.4) is 0 Å². The number of carboxylic acids is 1. The molecule has 1 saturated heterocycles. The summed E-state index contributed by atoms with van der Waals surface area (Å²) < 4.78 is 37.5. The van der Waals surface area contributed by atoms with Gasteiger partial charge in [-0.3, -0.25) is 0 Å². The minimum Gasteiger partial charge on any atom is -0.475 e. The van der Waals surface area contributed by atoms with Crippen LogP contribution in [0.4, 0.5) is 13.2 Å². The lowest BCUT2D eigenvalue weighted by molar-refractivity contribution is -0.192. The fraction of sp³-hybridized carbons (Fsp3) is 0.400. The summed E-state index contributed by atoms with van der Waals surface area (Å²) in [5.74, 6) is -1.09. The Kier molecular flexibility index (Phi) is 6.38. The lowest BCUT2D eigenvalue weighted by Crippen LogP contribution is -2.26. The molecule has 0 atom stereocenters. The van der Waals surface area contributed by atoms with E-state index in [-0.39, 0.29) is 0 Å². The van der Waals surface area contributed by atoms with Crippen molar-refractivity contribution in [1.29, 1.82) is 0 Å². The van der Waals surface area contributed by atoms with Crippen molar-refractivity contribution in [2.24, 2.45) is 0 Å². The third-order valence-corrected chi connectivity index (χ3v) is 3.68. The molecular weight excluding hydrogens is 363 g/mol. The number of halogens is 4. The van der Waals surface area contributed by atoms with Crippen molar-refractivity contribution < 1.29 is 27.5 Å². The first-order valence-electron chi connectivity index (χ1n) is 7.37. The van der Waals surface area contributed by atoms with Gasteiger partial charge in [0.1, 0.15) is 0 Å². The van der Waals surface area contributed by atoms with E-state index >= 15 is 0 Å². The summed E-state index contributed by atoms with van der Waals surface area (Å²) in [6.45, 7) is 2.03. The molecule has 0 radical (unpaired) electrons. The first-order chi connectivity index (χ1) is 11.8. The Morgan fingerprint density at radius 2 is 1.92 bits per heavy atom. The van der Waals surface area contributed by atoms with Gasteiger partial charge in [-0.2, -0.15) is 13.2 Å². The number of hydrogen-bond donors (Lipinski definition) is 2. The summed E-state index contributed by atoms with van der Waals surface area (Å²) in [5.41, 5.74) is 0.871. The molecule has 0 aliphatic carbocycles. The highest BCUT2D eigenvalue weighted by molar-refractivity contribution is 6.30. The van der Waals surface area contributed by atoms with Crippen LogP contribution >= 0.6 is 11.6 Å². The highest BCUT2D eigenvalue weighted by atomic mass is 35.5. The van der Waals surface area contributed by atoms with Crippen molar-refractivity contribution in [3.05, 3.63) is 35.2 Å². The first-order valence-corrected chi connectivity index (χ1v) is 7.75. The number of hydrogen-bond acceptors (Lipinski definition) is 5. The SMILES string of the molecule is Clc1cccc(-c2nnc(C3CCNCC3)o2)c1.O=C(O)C(F)(F)F. The molecule has 1 aliphatic rings. The van der Waals surface area contributed by atoms with E-state index in [0.29, 0.717) is 16.8 Å². The van der Waals surface area contributed by atoms with Crippen LogP contribution in [-0.4, -0.2) is 40.5 Å². The molecule has 136 valence electrons.